The molecule has 12 nitrogen and oxygen atoms in total. The Morgan fingerprint density at radius 1 is 0.964 bits per heavy atom. The van der Waals surface area contributed by atoms with E-state index < -0.39 is 18.6 Å². The minimum absolute atomic E-state index is 0.0494. The van der Waals surface area contributed by atoms with Crippen molar-refractivity contribution in [3.63, 3.8) is 0 Å². The Kier molecular flexibility index (Phi) is 9.73. The molecule has 2 aliphatic heterocycles. The van der Waals surface area contributed by atoms with Crippen LogP contribution in [0.4, 0.5) is 8.78 Å². The fourth-order valence-electron chi connectivity index (χ4n) is 7.99. The molecule has 2 aliphatic rings. The lowest BCUT2D eigenvalue weighted by Crippen LogP contribution is -2.58. The summed E-state index contributed by atoms with van der Waals surface area (Å²) < 4.78 is 44.3. The molecule has 1 amide bonds. The molecule has 8 rings (SSSR count). The number of nitriles is 1. The Morgan fingerprint density at radius 3 is 2.27 bits per heavy atom. The number of hydrogen-bond donors (Lipinski definition) is 2. The van der Waals surface area contributed by atoms with Crippen LogP contribution in [0.5, 0.6) is 5.75 Å². The van der Waals surface area contributed by atoms with Crippen LogP contribution < -0.4 is 10.1 Å². The summed E-state index contributed by atoms with van der Waals surface area (Å²) in [6.45, 7) is 5.09. The molecule has 2 saturated heterocycles. The third-order valence-corrected chi connectivity index (χ3v) is 10.7. The number of alkyl halides is 2. The first-order chi connectivity index (χ1) is 26.9. The van der Waals surface area contributed by atoms with Crippen LogP contribution in [-0.2, 0) is 22.7 Å². The highest BCUT2D eigenvalue weighted by molar-refractivity contribution is 5.86. The van der Waals surface area contributed by atoms with E-state index in [0.29, 0.717) is 71.0 Å². The number of hydrogen-bond acceptors (Lipinski definition) is 10. The van der Waals surface area contributed by atoms with Crippen LogP contribution in [0.15, 0.2) is 69.5 Å². The molecule has 0 unspecified atom stereocenters. The van der Waals surface area contributed by atoms with Crippen molar-refractivity contribution < 1.29 is 37.0 Å². The van der Waals surface area contributed by atoms with Gasteiger partial charge in [-0.25, -0.2) is 9.97 Å². The third-order valence-electron chi connectivity index (χ3n) is 10.7. The zero-order valence-corrected chi connectivity index (χ0v) is 30.9. The number of rotatable bonds is 11. The van der Waals surface area contributed by atoms with Gasteiger partial charge in [-0.05, 0) is 91.4 Å². The van der Waals surface area contributed by atoms with Crippen molar-refractivity contribution in [2.45, 2.75) is 65.4 Å². The lowest BCUT2D eigenvalue weighted by atomic mass is 9.91. The van der Waals surface area contributed by atoms with Crippen LogP contribution in [0.1, 0.15) is 47.6 Å². The number of likely N-dealkylation sites (tertiary alicyclic amines) is 2. The second-order valence-corrected chi connectivity index (χ2v) is 14.5. The van der Waals surface area contributed by atoms with Crippen molar-refractivity contribution in [1.29, 1.82) is 5.26 Å². The molecule has 0 radical (unpaired) electrons. The van der Waals surface area contributed by atoms with Gasteiger partial charge in [0.25, 0.3) is 0 Å². The van der Waals surface area contributed by atoms with Gasteiger partial charge in [-0.3, -0.25) is 19.4 Å². The van der Waals surface area contributed by atoms with Gasteiger partial charge in [0, 0.05) is 55.9 Å². The standard InChI is InChI=1S/C42H38F2N6O6/c1-22-29(7-4-9-31(22)39-47-33-15-27(19-50-12-6-11-35(50)41(52)53)36(55-42(43)44)16-37(33)54-39)30-8-5-10-32(23(30)2)40-48-34-14-25(13-26(17-45)38(34)56-40)18-49-20-28(21-49)46-24(3)51/h4-5,7-10,13-16,28,35,42H,6,11-12,18-21H2,1-3H3,(H,46,51)(H,52,53)/t35-/m0/s1. The molecule has 2 aromatic heterocycles. The van der Waals surface area contributed by atoms with E-state index in [0.717, 1.165) is 46.5 Å². The second kappa shape index (κ2) is 14.8. The van der Waals surface area contributed by atoms with Crippen LogP contribution in [-0.4, -0.2) is 75.1 Å². The average Bonchev–Trinajstić information content (AvgIpc) is 3.89. The Hall–Kier alpha value is -6.17. The lowest BCUT2D eigenvalue weighted by Gasteiger charge is -2.39. The van der Waals surface area contributed by atoms with Crippen LogP contribution >= 0.6 is 0 Å². The number of fused-ring (bicyclic) bond motifs is 2. The molecule has 0 aliphatic carbocycles. The van der Waals surface area contributed by atoms with Gasteiger partial charge in [0.1, 0.15) is 28.9 Å². The molecule has 6 aromatic rings. The Balaban J connectivity index is 1.10. The number of nitrogens with zero attached hydrogens (tertiary/aromatic N) is 5. The van der Waals surface area contributed by atoms with E-state index in [1.54, 1.807) is 11.0 Å². The smallest absolute Gasteiger partial charge is 0.387 e. The number of amides is 1. The maximum Gasteiger partial charge on any atom is 0.387 e. The topological polar surface area (TPSA) is 158 Å². The van der Waals surface area contributed by atoms with E-state index in [1.165, 1.54) is 13.0 Å². The molecule has 2 N–H and O–H groups in total. The predicted molar refractivity (Wildman–Crippen MR) is 203 cm³/mol. The number of carboxylic acids is 1. The minimum atomic E-state index is -3.08. The molecule has 4 heterocycles. The zero-order valence-electron chi connectivity index (χ0n) is 30.9. The summed E-state index contributed by atoms with van der Waals surface area (Å²) >= 11 is 0. The number of carbonyl (C=O) groups excluding carboxylic acids is 1. The highest BCUT2D eigenvalue weighted by Gasteiger charge is 2.32. The summed E-state index contributed by atoms with van der Waals surface area (Å²) in [7, 11) is 0. The number of ether oxygens (including phenoxy) is 1. The fourth-order valence-corrected chi connectivity index (χ4v) is 7.99. The van der Waals surface area contributed by atoms with Crippen molar-refractivity contribution in [1.82, 2.24) is 25.1 Å². The SMILES string of the molecule is CC(=O)NC1CN(Cc2cc(C#N)c3oc(-c4cccc(-c5cccc(-c6nc7cc(CN8CCC[C@H]8C(=O)O)c(OC(F)F)cc7o6)c5C)c4C)nc3c2)C1. The summed E-state index contributed by atoms with van der Waals surface area (Å²) in [6.07, 6.45) is 1.17. The number of carboxylic acid groups (broad SMARTS) is 1. The number of halogens is 2. The summed E-state index contributed by atoms with van der Waals surface area (Å²) in [5.74, 6) is -0.410. The molecule has 0 spiro atoms. The molecule has 286 valence electrons. The van der Waals surface area contributed by atoms with Crippen molar-refractivity contribution >= 4 is 34.1 Å². The van der Waals surface area contributed by atoms with Gasteiger partial charge < -0.3 is 24.0 Å². The summed E-state index contributed by atoms with van der Waals surface area (Å²) in [4.78, 5) is 36.7. The molecule has 0 bridgehead atoms. The highest BCUT2D eigenvalue weighted by atomic mass is 19.3. The lowest BCUT2D eigenvalue weighted by molar-refractivity contribution is -0.142. The van der Waals surface area contributed by atoms with Crippen LogP contribution in [0.25, 0.3) is 56.2 Å². The predicted octanol–water partition coefficient (Wildman–Crippen LogP) is 7.43. The molecule has 56 heavy (non-hydrogen) atoms. The van der Waals surface area contributed by atoms with Gasteiger partial charge >= 0.3 is 12.6 Å². The van der Waals surface area contributed by atoms with Gasteiger partial charge in [-0.15, -0.1) is 0 Å². The molecule has 0 saturated carbocycles. The normalized spacial score (nSPS) is 16.4. The first-order valence-corrected chi connectivity index (χ1v) is 18.3. The number of nitrogens with one attached hydrogen (secondary N) is 1. The third kappa shape index (κ3) is 7.07. The molecular weight excluding hydrogens is 722 g/mol. The summed E-state index contributed by atoms with van der Waals surface area (Å²) in [5, 5.41) is 22.6. The van der Waals surface area contributed by atoms with E-state index >= 15 is 0 Å². The first kappa shape index (κ1) is 36.8. The minimum Gasteiger partial charge on any atom is -0.480 e. The number of aromatic nitrogens is 2. The van der Waals surface area contributed by atoms with Gasteiger partial charge in [0.05, 0.1) is 11.6 Å². The van der Waals surface area contributed by atoms with E-state index in [1.807, 2.05) is 62.4 Å². The Morgan fingerprint density at radius 2 is 1.62 bits per heavy atom. The van der Waals surface area contributed by atoms with Crippen molar-refractivity contribution in [3.8, 4) is 45.9 Å². The quantitative estimate of drug-likeness (QED) is 0.135. The van der Waals surface area contributed by atoms with Crippen LogP contribution in [0, 0.1) is 25.2 Å². The summed E-state index contributed by atoms with van der Waals surface area (Å²) in [6, 6.07) is 20.1. The number of aliphatic carboxylic acids is 1. The molecule has 4 aromatic carbocycles. The maximum absolute atomic E-state index is 13.5. The number of oxazole rings is 2. The van der Waals surface area contributed by atoms with E-state index in [-0.39, 0.29) is 29.8 Å². The molecule has 1 atom stereocenters. The summed E-state index contributed by atoms with van der Waals surface area (Å²) in [5.41, 5.74) is 8.46. The Bertz CT molecular complexity index is 2550. The van der Waals surface area contributed by atoms with Crippen molar-refractivity contribution in [2.75, 3.05) is 19.6 Å². The second-order valence-electron chi connectivity index (χ2n) is 14.5. The zero-order chi connectivity index (χ0) is 39.2. The van der Waals surface area contributed by atoms with Gasteiger partial charge in [-0.1, -0.05) is 24.3 Å². The monoisotopic (exact) mass is 760 g/mol. The largest absolute Gasteiger partial charge is 0.480 e. The van der Waals surface area contributed by atoms with Gasteiger partial charge in [-0.2, -0.15) is 14.0 Å². The van der Waals surface area contributed by atoms with Gasteiger partial charge in [0.15, 0.2) is 11.2 Å². The maximum atomic E-state index is 13.5. The van der Waals surface area contributed by atoms with Crippen molar-refractivity contribution in [3.05, 3.63) is 88.5 Å². The van der Waals surface area contributed by atoms with Gasteiger partial charge in [0.2, 0.25) is 17.7 Å². The molecular formula is C42H38F2N6O6. The first-order valence-electron chi connectivity index (χ1n) is 18.3. The average molecular weight is 761 g/mol. The van der Waals surface area contributed by atoms with E-state index in [4.69, 9.17) is 23.5 Å². The molecule has 14 heteroatoms. The highest BCUT2D eigenvalue weighted by Crippen LogP contribution is 2.39. The van der Waals surface area contributed by atoms with Crippen LogP contribution in [0.2, 0.25) is 0 Å². The van der Waals surface area contributed by atoms with Crippen molar-refractivity contribution in [2.24, 2.45) is 0 Å². The van der Waals surface area contributed by atoms with Crippen LogP contribution in [0.3, 0.4) is 0 Å². The fraction of sp³-hybridized carbons (Fsp3) is 0.310. The number of carbonyl (C=O) groups is 2. The molecule has 2 fully saturated rings. The Labute approximate surface area is 320 Å². The van der Waals surface area contributed by atoms with E-state index in [2.05, 4.69) is 16.3 Å². The van der Waals surface area contributed by atoms with E-state index in [9.17, 15) is 28.7 Å². The number of benzene rings is 4.